The largest absolute Gasteiger partial charge is 0.379 e. The number of nitrogens with one attached hydrogen (secondary N) is 2. The van der Waals surface area contributed by atoms with Gasteiger partial charge in [0.1, 0.15) is 4.47 Å². The van der Waals surface area contributed by atoms with Gasteiger partial charge in [-0.1, -0.05) is 0 Å². The second kappa shape index (κ2) is 5.27. The summed E-state index contributed by atoms with van der Waals surface area (Å²) in [5, 5.41) is 9.30. The van der Waals surface area contributed by atoms with E-state index in [9.17, 15) is 4.79 Å². The highest BCUT2D eigenvalue weighted by Gasteiger charge is 2.08. The van der Waals surface area contributed by atoms with Crippen molar-refractivity contribution in [3.05, 3.63) is 21.0 Å². The Kier molecular flexibility index (Phi) is 4.28. The second-order valence-electron chi connectivity index (χ2n) is 3.73. The van der Waals surface area contributed by atoms with Gasteiger partial charge in [0.25, 0.3) is 5.56 Å². The first-order valence-corrected chi connectivity index (χ1v) is 5.44. The molecule has 6 heteroatoms. The summed E-state index contributed by atoms with van der Waals surface area (Å²) in [6.45, 7) is 2.94. The van der Waals surface area contributed by atoms with Gasteiger partial charge < -0.3 is 10.2 Å². The van der Waals surface area contributed by atoms with E-state index in [1.54, 1.807) is 6.20 Å². The topological polar surface area (TPSA) is 61.0 Å². The predicted octanol–water partition coefficient (Wildman–Crippen LogP) is 0.894. The minimum atomic E-state index is -0.225. The van der Waals surface area contributed by atoms with Crippen LogP contribution in [0.3, 0.4) is 0 Å². The van der Waals surface area contributed by atoms with Crippen molar-refractivity contribution in [2.75, 3.05) is 26.0 Å². The molecule has 1 atom stereocenters. The third-order valence-corrected chi connectivity index (χ3v) is 2.62. The van der Waals surface area contributed by atoms with Crippen molar-refractivity contribution >= 4 is 21.6 Å². The molecule has 0 aliphatic rings. The van der Waals surface area contributed by atoms with Gasteiger partial charge >= 0.3 is 0 Å². The molecule has 1 unspecified atom stereocenters. The van der Waals surface area contributed by atoms with Gasteiger partial charge in [0.05, 0.1) is 11.9 Å². The maximum absolute atomic E-state index is 11.2. The van der Waals surface area contributed by atoms with Crippen molar-refractivity contribution in [3.63, 3.8) is 0 Å². The van der Waals surface area contributed by atoms with Crippen molar-refractivity contribution in [2.45, 2.75) is 13.0 Å². The molecule has 0 aliphatic heterocycles. The number of H-pyrrole nitrogens is 1. The van der Waals surface area contributed by atoms with E-state index in [2.05, 4.69) is 36.3 Å². The number of halogens is 1. The lowest BCUT2D eigenvalue weighted by Gasteiger charge is -2.19. The Morgan fingerprint density at radius 1 is 1.67 bits per heavy atom. The number of aromatic nitrogens is 2. The molecule has 0 aromatic carbocycles. The summed E-state index contributed by atoms with van der Waals surface area (Å²) in [4.78, 5) is 13.3. The van der Waals surface area contributed by atoms with E-state index in [-0.39, 0.29) is 11.6 Å². The SMILES string of the molecule is CC(CN(C)C)Nc1cn[nH]c(=O)c1Br. The molecule has 0 fully saturated rings. The number of anilines is 1. The van der Waals surface area contributed by atoms with Gasteiger partial charge in [-0.3, -0.25) is 4.79 Å². The molecule has 0 aliphatic carbocycles. The number of likely N-dealkylation sites (N-methyl/N-ethyl adjacent to an activating group) is 1. The smallest absolute Gasteiger partial charge is 0.280 e. The molecule has 15 heavy (non-hydrogen) atoms. The molecule has 0 saturated carbocycles. The molecule has 0 spiro atoms. The quantitative estimate of drug-likeness (QED) is 0.857. The summed E-state index contributed by atoms with van der Waals surface area (Å²) in [5.41, 5.74) is 0.491. The predicted molar refractivity (Wildman–Crippen MR) is 64.2 cm³/mol. The van der Waals surface area contributed by atoms with Gasteiger partial charge in [-0.25, -0.2) is 5.10 Å². The first-order chi connectivity index (χ1) is 7.00. The van der Waals surface area contributed by atoms with Crippen LogP contribution in [0.25, 0.3) is 0 Å². The van der Waals surface area contributed by atoms with Crippen molar-refractivity contribution < 1.29 is 0 Å². The molecule has 0 amide bonds. The van der Waals surface area contributed by atoms with Gasteiger partial charge in [-0.05, 0) is 36.9 Å². The van der Waals surface area contributed by atoms with Gasteiger partial charge in [-0.15, -0.1) is 0 Å². The lowest BCUT2D eigenvalue weighted by Crippen LogP contribution is -2.30. The molecule has 1 heterocycles. The Morgan fingerprint density at radius 2 is 2.33 bits per heavy atom. The summed E-state index contributed by atoms with van der Waals surface area (Å²) in [5.74, 6) is 0. The number of rotatable bonds is 4. The summed E-state index contributed by atoms with van der Waals surface area (Å²) >= 11 is 3.22. The molecule has 2 N–H and O–H groups in total. The molecule has 0 saturated heterocycles. The average Bonchev–Trinajstić information content (AvgIpc) is 2.11. The van der Waals surface area contributed by atoms with Gasteiger partial charge in [0.2, 0.25) is 0 Å². The Morgan fingerprint density at radius 3 is 2.93 bits per heavy atom. The Bertz CT molecular complexity index is 377. The average molecular weight is 275 g/mol. The van der Waals surface area contributed by atoms with Crippen LogP contribution in [0.4, 0.5) is 5.69 Å². The zero-order chi connectivity index (χ0) is 11.4. The minimum absolute atomic E-state index is 0.225. The minimum Gasteiger partial charge on any atom is -0.379 e. The van der Waals surface area contributed by atoms with Gasteiger partial charge in [-0.2, -0.15) is 5.10 Å². The van der Waals surface area contributed by atoms with E-state index in [4.69, 9.17) is 0 Å². The van der Waals surface area contributed by atoms with Crippen molar-refractivity contribution in [2.24, 2.45) is 0 Å². The molecule has 1 aromatic heterocycles. The summed E-state index contributed by atoms with van der Waals surface area (Å²) in [7, 11) is 4.01. The Balaban J connectivity index is 2.72. The third-order valence-electron chi connectivity index (χ3n) is 1.84. The molecule has 84 valence electrons. The maximum Gasteiger partial charge on any atom is 0.280 e. The van der Waals surface area contributed by atoms with Crippen LogP contribution in [0.1, 0.15) is 6.92 Å². The van der Waals surface area contributed by atoms with Crippen molar-refractivity contribution in [1.82, 2.24) is 15.1 Å². The van der Waals surface area contributed by atoms with Crippen LogP contribution in [-0.2, 0) is 0 Å². The molecule has 5 nitrogen and oxygen atoms in total. The number of hydrogen-bond acceptors (Lipinski definition) is 4. The first-order valence-electron chi connectivity index (χ1n) is 4.65. The monoisotopic (exact) mass is 274 g/mol. The Hall–Kier alpha value is -0.880. The van der Waals surface area contributed by atoms with E-state index in [0.29, 0.717) is 10.2 Å². The highest BCUT2D eigenvalue weighted by molar-refractivity contribution is 9.10. The van der Waals surface area contributed by atoms with Crippen LogP contribution in [0.5, 0.6) is 0 Å². The van der Waals surface area contributed by atoms with Crippen LogP contribution in [0, 0.1) is 0 Å². The molecular formula is C9H15BrN4O. The van der Waals surface area contributed by atoms with Gasteiger partial charge in [0, 0.05) is 12.6 Å². The van der Waals surface area contributed by atoms with Crippen LogP contribution in [-0.4, -0.2) is 41.8 Å². The number of nitrogens with zero attached hydrogens (tertiary/aromatic N) is 2. The normalized spacial score (nSPS) is 12.9. The molecular weight excluding hydrogens is 260 g/mol. The van der Waals surface area contributed by atoms with Crippen molar-refractivity contribution in [3.8, 4) is 0 Å². The highest BCUT2D eigenvalue weighted by atomic mass is 79.9. The zero-order valence-electron chi connectivity index (χ0n) is 9.04. The summed E-state index contributed by atoms with van der Waals surface area (Å²) < 4.78 is 0.489. The highest BCUT2D eigenvalue weighted by Crippen LogP contribution is 2.16. The first kappa shape index (κ1) is 12.2. The standard InChI is InChI=1S/C9H15BrN4O/c1-6(5-14(2)3)12-7-4-11-13-9(15)8(7)10/h4,6H,5H2,1-3H3,(H2,12,13,15). The molecule has 1 aromatic rings. The van der Waals surface area contributed by atoms with Crippen LogP contribution < -0.4 is 10.9 Å². The Labute approximate surface area is 97.0 Å². The van der Waals surface area contributed by atoms with E-state index < -0.39 is 0 Å². The number of aromatic amines is 1. The fourth-order valence-electron chi connectivity index (χ4n) is 1.34. The second-order valence-corrected chi connectivity index (χ2v) is 4.53. The summed E-state index contributed by atoms with van der Waals surface area (Å²) in [6, 6.07) is 0.250. The van der Waals surface area contributed by atoms with E-state index in [1.165, 1.54) is 0 Å². The fourth-order valence-corrected chi connectivity index (χ4v) is 1.65. The number of hydrogen-bond donors (Lipinski definition) is 2. The van der Waals surface area contributed by atoms with Crippen LogP contribution in [0.15, 0.2) is 15.5 Å². The molecule has 0 radical (unpaired) electrons. The molecule has 0 bridgehead atoms. The lowest BCUT2D eigenvalue weighted by atomic mass is 10.3. The van der Waals surface area contributed by atoms with E-state index in [1.807, 2.05) is 21.0 Å². The van der Waals surface area contributed by atoms with Crippen LogP contribution >= 0.6 is 15.9 Å². The summed E-state index contributed by atoms with van der Waals surface area (Å²) in [6.07, 6.45) is 1.59. The fraction of sp³-hybridized carbons (Fsp3) is 0.556. The van der Waals surface area contributed by atoms with Gasteiger partial charge in [0.15, 0.2) is 0 Å². The van der Waals surface area contributed by atoms with E-state index in [0.717, 1.165) is 6.54 Å². The third kappa shape index (κ3) is 3.64. The molecule has 1 rings (SSSR count). The zero-order valence-corrected chi connectivity index (χ0v) is 10.6. The maximum atomic E-state index is 11.2. The van der Waals surface area contributed by atoms with Crippen LogP contribution in [0.2, 0.25) is 0 Å². The lowest BCUT2D eigenvalue weighted by molar-refractivity contribution is 0.392. The van der Waals surface area contributed by atoms with E-state index >= 15 is 0 Å². The van der Waals surface area contributed by atoms with Crippen molar-refractivity contribution in [1.29, 1.82) is 0 Å².